The molecule has 0 bridgehead atoms. The topological polar surface area (TPSA) is 35.8 Å². The molecule has 1 atom stereocenters. The van der Waals surface area contributed by atoms with Gasteiger partial charge in [0.15, 0.2) is 0 Å². The van der Waals surface area contributed by atoms with Gasteiger partial charge in [-0.25, -0.2) is 0 Å². The summed E-state index contributed by atoms with van der Waals surface area (Å²) in [6, 6.07) is 9.41. The van der Waals surface area contributed by atoms with Gasteiger partial charge in [-0.2, -0.15) is 5.26 Å². The Morgan fingerprint density at radius 2 is 2.10 bits per heavy atom. The van der Waals surface area contributed by atoms with Crippen LogP contribution in [0.25, 0.3) is 0 Å². The van der Waals surface area contributed by atoms with Crippen molar-refractivity contribution in [3.63, 3.8) is 0 Å². The third kappa shape index (κ3) is 4.25. The standard InChI is InChI=1S/C18H26N2S/c1-3-18(14-19,20-4-2)11-6-12-21-17-10-9-15-7-5-8-16(15)13-17/h9-10,13,20H,3-8,11-12H2,1-2H3. The summed E-state index contributed by atoms with van der Waals surface area (Å²) in [5.74, 6) is 1.09. The van der Waals surface area contributed by atoms with E-state index in [1.165, 1.54) is 24.2 Å². The molecule has 0 aromatic heterocycles. The highest BCUT2D eigenvalue weighted by Crippen LogP contribution is 2.28. The van der Waals surface area contributed by atoms with Gasteiger partial charge >= 0.3 is 0 Å². The maximum absolute atomic E-state index is 9.41. The van der Waals surface area contributed by atoms with Crippen LogP contribution < -0.4 is 5.32 Å². The zero-order valence-corrected chi connectivity index (χ0v) is 14.1. The number of aryl methyl sites for hydroxylation is 2. The van der Waals surface area contributed by atoms with Gasteiger partial charge in [-0.3, -0.25) is 5.32 Å². The molecule has 2 nitrogen and oxygen atoms in total. The molecule has 0 heterocycles. The fourth-order valence-electron chi connectivity index (χ4n) is 3.10. The van der Waals surface area contributed by atoms with Gasteiger partial charge < -0.3 is 0 Å². The average molecular weight is 302 g/mol. The Balaban J connectivity index is 1.80. The lowest BCUT2D eigenvalue weighted by Gasteiger charge is -2.25. The van der Waals surface area contributed by atoms with Crippen LogP contribution >= 0.6 is 11.8 Å². The number of rotatable bonds is 8. The fourth-order valence-corrected chi connectivity index (χ4v) is 4.02. The first-order valence-electron chi connectivity index (χ1n) is 8.14. The van der Waals surface area contributed by atoms with Crippen molar-refractivity contribution in [2.45, 2.75) is 62.8 Å². The fraction of sp³-hybridized carbons (Fsp3) is 0.611. The Bertz CT molecular complexity index is 506. The highest BCUT2D eigenvalue weighted by molar-refractivity contribution is 7.99. The predicted molar refractivity (Wildman–Crippen MR) is 90.7 cm³/mol. The Morgan fingerprint density at radius 3 is 2.81 bits per heavy atom. The number of thioether (sulfide) groups is 1. The van der Waals surface area contributed by atoms with Gasteiger partial charge in [0.05, 0.1) is 6.07 Å². The highest BCUT2D eigenvalue weighted by Gasteiger charge is 2.25. The van der Waals surface area contributed by atoms with Crippen LogP contribution in [0.4, 0.5) is 0 Å². The molecule has 0 saturated heterocycles. The molecule has 0 saturated carbocycles. The number of hydrogen-bond acceptors (Lipinski definition) is 3. The maximum Gasteiger partial charge on any atom is 0.106 e. The Kier molecular flexibility index (Phi) is 6.14. The lowest BCUT2D eigenvalue weighted by Crippen LogP contribution is -2.43. The van der Waals surface area contributed by atoms with Gasteiger partial charge in [0.25, 0.3) is 0 Å². The first kappa shape index (κ1) is 16.4. The number of nitrogens with one attached hydrogen (secondary N) is 1. The van der Waals surface area contributed by atoms with E-state index in [9.17, 15) is 5.26 Å². The first-order chi connectivity index (χ1) is 10.2. The van der Waals surface area contributed by atoms with Crippen LogP contribution in [-0.4, -0.2) is 17.8 Å². The predicted octanol–water partition coefficient (Wildman–Crippen LogP) is 4.33. The van der Waals surface area contributed by atoms with Crippen molar-refractivity contribution in [2.75, 3.05) is 12.3 Å². The molecular formula is C18H26N2S. The molecular weight excluding hydrogens is 276 g/mol. The Morgan fingerprint density at radius 1 is 1.29 bits per heavy atom. The molecule has 2 rings (SSSR count). The van der Waals surface area contributed by atoms with E-state index in [0.717, 1.165) is 31.6 Å². The van der Waals surface area contributed by atoms with E-state index in [-0.39, 0.29) is 5.54 Å². The number of nitrogens with zero attached hydrogens (tertiary/aromatic N) is 1. The molecule has 3 heteroatoms. The molecule has 1 aliphatic rings. The van der Waals surface area contributed by atoms with Crippen molar-refractivity contribution >= 4 is 11.8 Å². The third-order valence-corrected chi connectivity index (χ3v) is 5.50. The largest absolute Gasteiger partial charge is 0.300 e. The molecule has 1 unspecified atom stereocenters. The summed E-state index contributed by atoms with van der Waals surface area (Å²) in [4.78, 5) is 1.39. The number of nitriles is 1. The van der Waals surface area contributed by atoms with Crippen molar-refractivity contribution in [3.8, 4) is 6.07 Å². The Hall–Kier alpha value is -0.980. The molecule has 0 radical (unpaired) electrons. The Labute approximate surface area is 133 Å². The number of hydrogen-bond donors (Lipinski definition) is 1. The lowest BCUT2D eigenvalue weighted by molar-refractivity contribution is 0.379. The SMILES string of the molecule is CCNC(C#N)(CC)CCCSc1ccc2c(c1)CCC2. The summed E-state index contributed by atoms with van der Waals surface area (Å²) in [6.07, 6.45) is 6.71. The lowest BCUT2D eigenvalue weighted by atomic mass is 9.92. The second-order valence-electron chi connectivity index (χ2n) is 5.81. The van der Waals surface area contributed by atoms with Crippen molar-refractivity contribution in [1.29, 1.82) is 5.26 Å². The van der Waals surface area contributed by atoms with Gasteiger partial charge in [0.2, 0.25) is 0 Å². The van der Waals surface area contributed by atoms with Crippen LogP contribution in [0.5, 0.6) is 0 Å². The van der Waals surface area contributed by atoms with Crippen LogP contribution in [0.2, 0.25) is 0 Å². The number of fused-ring (bicyclic) bond motifs is 1. The molecule has 1 N–H and O–H groups in total. The van der Waals surface area contributed by atoms with E-state index in [0.29, 0.717) is 0 Å². The van der Waals surface area contributed by atoms with Crippen LogP contribution in [0.3, 0.4) is 0 Å². The van der Waals surface area contributed by atoms with Crippen molar-refractivity contribution in [1.82, 2.24) is 5.32 Å². The summed E-state index contributed by atoms with van der Waals surface area (Å²) in [6.45, 7) is 5.03. The molecule has 0 amide bonds. The quantitative estimate of drug-likeness (QED) is 0.573. The molecule has 0 spiro atoms. The summed E-state index contributed by atoms with van der Waals surface area (Å²) in [5, 5.41) is 12.8. The summed E-state index contributed by atoms with van der Waals surface area (Å²) in [5.41, 5.74) is 2.77. The summed E-state index contributed by atoms with van der Waals surface area (Å²) >= 11 is 1.93. The zero-order chi connectivity index (χ0) is 15.1. The van der Waals surface area contributed by atoms with Gasteiger partial charge in [-0.05, 0) is 74.1 Å². The summed E-state index contributed by atoms with van der Waals surface area (Å²) in [7, 11) is 0. The average Bonchev–Trinajstić information content (AvgIpc) is 2.98. The van der Waals surface area contributed by atoms with Crippen LogP contribution in [0.15, 0.2) is 23.1 Å². The minimum atomic E-state index is -0.326. The molecule has 1 aromatic rings. The normalized spacial score (nSPS) is 16.2. The van der Waals surface area contributed by atoms with Crippen molar-refractivity contribution < 1.29 is 0 Å². The molecule has 1 aliphatic carbocycles. The summed E-state index contributed by atoms with van der Waals surface area (Å²) < 4.78 is 0. The maximum atomic E-state index is 9.41. The third-order valence-electron chi connectivity index (χ3n) is 4.42. The van der Waals surface area contributed by atoms with Crippen LogP contribution in [0, 0.1) is 11.3 Å². The zero-order valence-electron chi connectivity index (χ0n) is 13.2. The van der Waals surface area contributed by atoms with E-state index in [1.54, 1.807) is 11.1 Å². The molecule has 114 valence electrons. The van der Waals surface area contributed by atoms with E-state index < -0.39 is 0 Å². The van der Waals surface area contributed by atoms with E-state index >= 15 is 0 Å². The first-order valence-corrected chi connectivity index (χ1v) is 9.12. The van der Waals surface area contributed by atoms with Crippen molar-refractivity contribution in [2.24, 2.45) is 0 Å². The van der Waals surface area contributed by atoms with Gasteiger partial charge in [0.1, 0.15) is 5.54 Å². The number of benzene rings is 1. The minimum absolute atomic E-state index is 0.326. The molecule has 1 aromatic carbocycles. The van der Waals surface area contributed by atoms with Crippen molar-refractivity contribution in [3.05, 3.63) is 29.3 Å². The molecule has 21 heavy (non-hydrogen) atoms. The monoisotopic (exact) mass is 302 g/mol. The van der Waals surface area contributed by atoms with Gasteiger partial charge in [-0.1, -0.05) is 19.9 Å². The smallest absolute Gasteiger partial charge is 0.106 e. The van der Waals surface area contributed by atoms with E-state index in [4.69, 9.17) is 0 Å². The molecule has 0 fully saturated rings. The minimum Gasteiger partial charge on any atom is -0.300 e. The van der Waals surface area contributed by atoms with Crippen LogP contribution in [-0.2, 0) is 12.8 Å². The van der Waals surface area contributed by atoms with Crippen LogP contribution in [0.1, 0.15) is 50.7 Å². The van der Waals surface area contributed by atoms with Gasteiger partial charge in [-0.15, -0.1) is 11.8 Å². The van der Waals surface area contributed by atoms with E-state index in [1.807, 2.05) is 11.8 Å². The second kappa shape index (κ2) is 7.87. The highest BCUT2D eigenvalue weighted by atomic mass is 32.2. The van der Waals surface area contributed by atoms with Gasteiger partial charge in [0, 0.05) is 4.90 Å². The second-order valence-corrected chi connectivity index (χ2v) is 6.98. The molecule has 0 aliphatic heterocycles. The van der Waals surface area contributed by atoms with E-state index in [2.05, 4.69) is 43.4 Å².